The number of imide groups is 1. The van der Waals surface area contributed by atoms with E-state index in [9.17, 15) is 9.59 Å². The van der Waals surface area contributed by atoms with Crippen molar-refractivity contribution in [3.05, 3.63) is 11.3 Å². The van der Waals surface area contributed by atoms with Gasteiger partial charge in [0.2, 0.25) is 11.8 Å². The van der Waals surface area contributed by atoms with Gasteiger partial charge in [-0.2, -0.15) is 5.10 Å². The van der Waals surface area contributed by atoms with E-state index in [0.29, 0.717) is 31.3 Å². The number of fused-ring (bicyclic) bond motifs is 1. The zero-order valence-electron chi connectivity index (χ0n) is 13.4. The molecule has 1 unspecified atom stereocenters. The Labute approximate surface area is 135 Å². The summed E-state index contributed by atoms with van der Waals surface area (Å²) in [5.74, 6) is 0.263. The number of aromatic nitrogens is 2. The van der Waals surface area contributed by atoms with Gasteiger partial charge in [0.1, 0.15) is 6.61 Å². The molecule has 1 atom stereocenters. The van der Waals surface area contributed by atoms with Crippen molar-refractivity contribution >= 4 is 11.8 Å². The number of piperidine rings is 1. The predicted octanol–water partition coefficient (Wildman–Crippen LogP) is 0.715. The largest absolute Gasteiger partial charge is 0.476 e. The molecule has 1 N–H and O–H groups in total. The topological polar surface area (TPSA) is 76.5 Å². The molecule has 2 amide bonds. The molecule has 1 saturated heterocycles. The van der Waals surface area contributed by atoms with E-state index >= 15 is 0 Å². The second-order valence-corrected chi connectivity index (χ2v) is 6.64. The van der Waals surface area contributed by atoms with Crippen molar-refractivity contribution in [3.8, 4) is 5.88 Å². The van der Waals surface area contributed by atoms with Crippen molar-refractivity contribution in [1.29, 1.82) is 0 Å². The highest BCUT2D eigenvalue weighted by Crippen LogP contribution is 2.33. The predicted molar refractivity (Wildman–Crippen MR) is 82.3 cm³/mol. The first-order chi connectivity index (χ1) is 11.2. The molecule has 7 nitrogen and oxygen atoms in total. The molecule has 1 aromatic rings. The Bertz CT molecular complexity index is 644. The zero-order valence-corrected chi connectivity index (χ0v) is 13.4. The number of carbonyl (C=O) groups excluding carboxylic acids is 2. The summed E-state index contributed by atoms with van der Waals surface area (Å²) in [6.07, 6.45) is 3.64. The van der Waals surface area contributed by atoms with Gasteiger partial charge in [-0.1, -0.05) is 0 Å². The van der Waals surface area contributed by atoms with E-state index in [1.807, 2.05) is 6.92 Å². The molecule has 3 aliphatic rings. The van der Waals surface area contributed by atoms with Crippen molar-refractivity contribution in [2.24, 2.45) is 5.92 Å². The number of rotatable bonds is 3. The van der Waals surface area contributed by atoms with Gasteiger partial charge in [0, 0.05) is 18.2 Å². The smallest absolute Gasteiger partial charge is 0.281 e. The summed E-state index contributed by atoms with van der Waals surface area (Å²) in [4.78, 5) is 27.3. The fraction of sp³-hybridized carbons (Fsp3) is 0.688. The minimum absolute atomic E-state index is 0.0434. The summed E-state index contributed by atoms with van der Waals surface area (Å²) >= 11 is 0. The third kappa shape index (κ3) is 2.52. The van der Waals surface area contributed by atoms with Gasteiger partial charge in [-0.25, -0.2) is 4.68 Å². The lowest BCUT2D eigenvalue weighted by molar-refractivity contribution is -0.133. The Kier molecular flexibility index (Phi) is 3.60. The molecule has 0 spiro atoms. The Morgan fingerprint density at radius 3 is 2.83 bits per heavy atom. The molecule has 3 heterocycles. The summed E-state index contributed by atoms with van der Waals surface area (Å²) in [7, 11) is 0. The number of nitrogens with zero attached hydrogens (tertiary/aromatic N) is 3. The third-order valence-corrected chi connectivity index (χ3v) is 4.89. The summed E-state index contributed by atoms with van der Waals surface area (Å²) < 4.78 is 7.25. The second-order valence-electron chi connectivity index (χ2n) is 6.64. The molecule has 2 aliphatic heterocycles. The highest BCUT2D eigenvalue weighted by Gasteiger charge is 2.42. The van der Waals surface area contributed by atoms with E-state index in [0.717, 1.165) is 37.8 Å². The van der Waals surface area contributed by atoms with E-state index in [-0.39, 0.29) is 23.8 Å². The van der Waals surface area contributed by atoms with Crippen LogP contribution >= 0.6 is 0 Å². The van der Waals surface area contributed by atoms with Crippen LogP contribution in [0.4, 0.5) is 0 Å². The SMILES string of the molecule is Cc1c(C(=O)N(C(=O)C2CCCNC2)C2CC2)nn2c1OCC2. The molecule has 2 fully saturated rings. The lowest BCUT2D eigenvalue weighted by Gasteiger charge is -2.28. The van der Waals surface area contributed by atoms with Crippen LogP contribution in [0.15, 0.2) is 0 Å². The fourth-order valence-electron chi connectivity index (χ4n) is 3.45. The molecule has 4 rings (SSSR count). The van der Waals surface area contributed by atoms with E-state index in [1.54, 1.807) is 4.68 Å². The monoisotopic (exact) mass is 318 g/mol. The Hall–Kier alpha value is -1.89. The van der Waals surface area contributed by atoms with Crippen molar-refractivity contribution < 1.29 is 14.3 Å². The molecule has 124 valence electrons. The van der Waals surface area contributed by atoms with Gasteiger partial charge in [0.15, 0.2) is 5.69 Å². The average molecular weight is 318 g/mol. The molecular weight excluding hydrogens is 296 g/mol. The highest BCUT2D eigenvalue weighted by atomic mass is 16.5. The number of hydrogen-bond donors (Lipinski definition) is 1. The van der Waals surface area contributed by atoms with Crippen molar-refractivity contribution in [3.63, 3.8) is 0 Å². The van der Waals surface area contributed by atoms with Gasteiger partial charge >= 0.3 is 0 Å². The maximum Gasteiger partial charge on any atom is 0.281 e. The van der Waals surface area contributed by atoms with Crippen LogP contribution in [-0.2, 0) is 11.3 Å². The zero-order chi connectivity index (χ0) is 16.0. The fourth-order valence-corrected chi connectivity index (χ4v) is 3.45. The van der Waals surface area contributed by atoms with Crippen molar-refractivity contribution in [2.75, 3.05) is 19.7 Å². The van der Waals surface area contributed by atoms with Gasteiger partial charge in [0.05, 0.1) is 12.5 Å². The number of carbonyl (C=O) groups is 2. The maximum atomic E-state index is 13.0. The Morgan fingerprint density at radius 2 is 2.17 bits per heavy atom. The van der Waals surface area contributed by atoms with Crippen LogP contribution in [-0.4, -0.2) is 52.2 Å². The third-order valence-electron chi connectivity index (χ3n) is 4.89. The normalized spacial score (nSPS) is 23.3. The maximum absolute atomic E-state index is 13.0. The lowest BCUT2D eigenvalue weighted by Crippen LogP contribution is -2.47. The van der Waals surface area contributed by atoms with E-state index < -0.39 is 0 Å². The number of nitrogens with one attached hydrogen (secondary N) is 1. The van der Waals surface area contributed by atoms with Crippen LogP contribution < -0.4 is 10.1 Å². The minimum atomic E-state index is -0.258. The van der Waals surface area contributed by atoms with Crippen LogP contribution in [0.3, 0.4) is 0 Å². The van der Waals surface area contributed by atoms with Crippen LogP contribution in [0.1, 0.15) is 41.7 Å². The van der Waals surface area contributed by atoms with E-state index in [4.69, 9.17) is 4.74 Å². The number of amides is 2. The van der Waals surface area contributed by atoms with Crippen LogP contribution in [0, 0.1) is 12.8 Å². The molecule has 0 bridgehead atoms. The van der Waals surface area contributed by atoms with Gasteiger partial charge in [-0.15, -0.1) is 0 Å². The standard InChI is InChI=1S/C16H22N4O3/c1-10-13(18-19-7-8-23-16(10)19)15(22)20(12-4-5-12)14(21)11-3-2-6-17-9-11/h11-12,17H,2-9H2,1H3. The van der Waals surface area contributed by atoms with Gasteiger partial charge in [0.25, 0.3) is 5.91 Å². The number of hydrogen-bond acceptors (Lipinski definition) is 5. The average Bonchev–Trinajstić information content (AvgIpc) is 3.19. The quantitative estimate of drug-likeness (QED) is 0.831. The summed E-state index contributed by atoms with van der Waals surface area (Å²) in [5.41, 5.74) is 1.11. The first-order valence-electron chi connectivity index (χ1n) is 8.45. The summed E-state index contributed by atoms with van der Waals surface area (Å²) in [6.45, 7) is 4.71. The second kappa shape index (κ2) is 5.63. The molecule has 1 aromatic heterocycles. The molecule has 0 radical (unpaired) electrons. The van der Waals surface area contributed by atoms with Crippen molar-refractivity contribution in [2.45, 2.75) is 45.2 Å². The first kappa shape index (κ1) is 14.7. The molecule has 23 heavy (non-hydrogen) atoms. The lowest BCUT2D eigenvalue weighted by atomic mass is 9.97. The number of ether oxygens (including phenoxy) is 1. The molecule has 1 saturated carbocycles. The molecule has 1 aliphatic carbocycles. The molecule has 0 aromatic carbocycles. The van der Waals surface area contributed by atoms with E-state index in [1.165, 1.54) is 4.90 Å². The van der Waals surface area contributed by atoms with Gasteiger partial charge in [-0.3, -0.25) is 14.5 Å². The van der Waals surface area contributed by atoms with Gasteiger partial charge < -0.3 is 10.1 Å². The van der Waals surface area contributed by atoms with E-state index in [2.05, 4.69) is 10.4 Å². The summed E-state index contributed by atoms with van der Waals surface area (Å²) in [6, 6.07) is 0.0498. The summed E-state index contributed by atoms with van der Waals surface area (Å²) in [5, 5.41) is 7.63. The van der Waals surface area contributed by atoms with Crippen molar-refractivity contribution in [1.82, 2.24) is 20.0 Å². The van der Waals surface area contributed by atoms with Gasteiger partial charge in [-0.05, 0) is 39.2 Å². The first-order valence-corrected chi connectivity index (χ1v) is 8.45. The van der Waals surface area contributed by atoms with Crippen LogP contribution in [0.5, 0.6) is 5.88 Å². The van der Waals surface area contributed by atoms with Crippen LogP contribution in [0.25, 0.3) is 0 Å². The Morgan fingerprint density at radius 1 is 1.35 bits per heavy atom. The highest BCUT2D eigenvalue weighted by molar-refractivity contribution is 6.05. The molecule has 7 heteroatoms. The Balaban J connectivity index is 1.60. The minimum Gasteiger partial charge on any atom is -0.476 e. The van der Waals surface area contributed by atoms with Crippen LogP contribution in [0.2, 0.25) is 0 Å². The molecular formula is C16H22N4O3.